The third kappa shape index (κ3) is 6.79. The van der Waals surface area contributed by atoms with Crippen molar-refractivity contribution < 1.29 is 23.7 Å². The number of carbonyl (C=O) groups excluding carboxylic acids is 2. The second-order valence-corrected chi connectivity index (χ2v) is 9.76. The number of ether oxygens (including phenoxy) is 1. The molecule has 0 unspecified atom stereocenters. The van der Waals surface area contributed by atoms with E-state index in [1.807, 2.05) is 9.80 Å². The lowest BCUT2D eigenvalue weighted by Gasteiger charge is -2.36. The molecule has 0 spiro atoms. The minimum absolute atomic E-state index is 0.118. The highest BCUT2D eigenvalue weighted by Gasteiger charge is 2.26. The summed E-state index contributed by atoms with van der Waals surface area (Å²) in [5.74, 6) is -0.0977. The largest absolute Gasteiger partial charge is 0.462 e. The average Bonchev–Trinajstić information content (AvgIpc) is 3.42. The van der Waals surface area contributed by atoms with Crippen LogP contribution >= 0.6 is 35.4 Å². The molecule has 10 nitrogen and oxygen atoms in total. The van der Waals surface area contributed by atoms with Crippen LogP contribution in [0.5, 0.6) is 0 Å². The van der Waals surface area contributed by atoms with E-state index in [9.17, 15) is 19.7 Å². The Morgan fingerprint density at radius 3 is 2.60 bits per heavy atom. The summed E-state index contributed by atoms with van der Waals surface area (Å²) >= 11 is 17.7. The number of hydrogen-bond donors (Lipinski definition) is 1. The van der Waals surface area contributed by atoms with Crippen molar-refractivity contribution in [2.75, 3.05) is 37.7 Å². The molecule has 1 aliphatic heterocycles. The zero-order chi connectivity index (χ0) is 28.8. The van der Waals surface area contributed by atoms with Crippen LogP contribution in [0.4, 0.5) is 11.4 Å². The Morgan fingerprint density at radius 2 is 1.90 bits per heavy atom. The molecule has 0 bridgehead atoms. The second-order valence-electron chi connectivity index (χ2n) is 8.59. The lowest BCUT2D eigenvalue weighted by atomic mass is 10.1. The summed E-state index contributed by atoms with van der Waals surface area (Å²) in [5, 5.41) is 15.4. The first-order chi connectivity index (χ1) is 19.2. The van der Waals surface area contributed by atoms with Crippen molar-refractivity contribution in [3.63, 3.8) is 0 Å². The van der Waals surface area contributed by atoms with Gasteiger partial charge >= 0.3 is 5.97 Å². The van der Waals surface area contributed by atoms with E-state index in [0.29, 0.717) is 59.0 Å². The van der Waals surface area contributed by atoms with Gasteiger partial charge in [-0.05, 0) is 61.6 Å². The van der Waals surface area contributed by atoms with Gasteiger partial charge in [0.25, 0.3) is 5.69 Å². The van der Waals surface area contributed by atoms with Gasteiger partial charge in [-0.2, -0.15) is 0 Å². The predicted molar refractivity (Wildman–Crippen MR) is 157 cm³/mol. The molecule has 40 heavy (non-hydrogen) atoms. The van der Waals surface area contributed by atoms with Gasteiger partial charge in [0.2, 0.25) is 5.91 Å². The van der Waals surface area contributed by atoms with E-state index >= 15 is 0 Å². The van der Waals surface area contributed by atoms with Crippen molar-refractivity contribution in [1.29, 1.82) is 0 Å². The van der Waals surface area contributed by atoms with E-state index < -0.39 is 16.8 Å². The molecule has 1 saturated heterocycles. The van der Waals surface area contributed by atoms with Crippen LogP contribution in [0.2, 0.25) is 10.0 Å². The molecule has 2 heterocycles. The highest BCUT2D eigenvalue weighted by atomic mass is 35.5. The maximum atomic E-state index is 12.5. The topological polar surface area (TPSA) is 118 Å². The number of esters is 1. The quantitative estimate of drug-likeness (QED) is 0.122. The van der Waals surface area contributed by atoms with Gasteiger partial charge in [0, 0.05) is 43.9 Å². The van der Waals surface area contributed by atoms with E-state index in [1.54, 1.807) is 43.3 Å². The molecule has 1 aromatic heterocycles. The predicted octanol–water partition coefficient (Wildman–Crippen LogP) is 5.57. The van der Waals surface area contributed by atoms with Gasteiger partial charge in [0.05, 0.1) is 27.1 Å². The van der Waals surface area contributed by atoms with Crippen LogP contribution < -0.4 is 10.2 Å². The Kier molecular flexibility index (Phi) is 9.41. The Bertz CT molecular complexity index is 1480. The second kappa shape index (κ2) is 12.9. The van der Waals surface area contributed by atoms with Gasteiger partial charge in [0.15, 0.2) is 5.11 Å². The Hall–Kier alpha value is -3.93. The number of furan rings is 1. The van der Waals surface area contributed by atoms with Gasteiger partial charge < -0.3 is 19.0 Å². The number of hydrogen-bond acceptors (Lipinski definition) is 8. The molecule has 1 fully saturated rings. The van der Waals surface area contributed by atoms with Crippen LogP contribution in [-0.4, -0.2) is 59.6 Å². The third-order valence-corrected chi connectivity index (χ3v) is 7.24. The van der Waals surface area contributed by atoms with E-state index in [1.165, 1.54) is 24.3 Å². The van der Waals surface area contributed by atoms with E-state index in [2.05, 4.69) is 5.32 Å². The summed E-state index contributed by atoms with van der Waals surface area (Å²) in [4.78, 5) is 39.3. The molecule has 13 heteroatoms. The number of nitro groups is 1. The molecule has 3 aromatic rings. The number of carbonyl (C=O) groups is 2. The maximum Gasteiger partial charge on any atom is 0.338 e. The number of anilines is 1. The van der Waals surface area contributed by atoms with Gasteiger partial charge in [-0.15, -0.1) is 0 Å². The number of nitrogens with zero attached hydrogens (tertiary/aromatic N) is 3. The van der Waals surface area contributed by atoms with Crippen LogP contribution in [0.15, 0.2) is 59.0 Å². The lowest BCUT2D eigenvalue weighted by molar-refractivity contribution is -0.384. The summed E-state index contributed by atoms with van der Waals surface area (Å²) < 4.78 is 10.7. The highest BCUT2D eigenvalue weighted by Crippen LogP contribution is 2.34. The maximum absolute atomic E-state index is 12.5. The zero-order valence-corrected chi connectivity index (χ0v) is 23.6. The molecular weight excluding hydrogens is 579 g/mol. The number of thiocarbonyl (C=S) groups is 1. The fraction of sp³-hybridized carbons (Fsp3) is 0.222. The zero-order valence-electron chi connectivity index (χ0n) is 21.3. The number of benzene rings is 2. The van der Waals surface area contributed by atoms with Gasteiger partial charge in [0.1, 0.15) is 17.2 Å². The van der Waals surface area contributed by atoms with E-state index in [0.717, 1.165) is 0 Å². The number of piperazine rings is 1. The number of amides is 1. The number of halogens is 2. The minimum Gasteiger partial charge on any atom is -0.462 e. The third-order valence-electron chi connectivity index (χ3n) is 6.06. The Labute approximate surface area is 245 Å². The molecule has 1 aliphatic rings. The van der Waals surface area contributed by atoms with Crippen molar-refractivity contribution >= 4 is 69.9 Å². The Balaban J connectivity index is 1.33. The molecule has 0 aliphatic carbocycles. The van der Waals surface area contributed by atoms with Gasteiger partial charge in [-0.1, -0.05) is 29.3 Å². The summed E-state index contributed by atoms with van der Waals surface area (Å²) in [6.07, 6.45) is 2.82. The molecular formula is C27H24Cl2N4O6S. The van der Waals surface area contributed by atoms with Crippen LogP contribution in [0.3, 0.4) is 0 Å². The average molecular weight is 603 g/mol. The molecule has 1 amide bonds. The number of rotatable bonds is 7. The Morgan fingerprint density at radius 1 is 1.15 bits per heavy atom. The first-order valence-electron chi connectivity index (χ1n) is 12.2. The normalized spacial score (nSPS) is 13.4. The monoisotopic (exact) mass is 602 g/mol. The van der Waals surface area contributed by atoms with Crippen LogP contribution in [0.1, 0.15) is 23.0 Å². The van der Waals surface area contributed by atoms with Gasteiger partial charge in [-0.3, -0.25) is 20.2 Å². The molecule has 4 rings (SSSR count). The van der Waals surface area contributed by atoms with E-state index in [4.69, 9.17) is 44.6 Å². The first kappa shape index (κ1) is 29.1. The summed E-state index contributed by atoms with van der Waals surface area (Å²) in [7, 11) is 0. The molecule has 0 radical (unpaired) electrons. The summed E-state index contributed by atoms with van der Waals surface area (Å²) in [6, 6.07) is 12.9. The highest BCUT2D eigenvalue weighted by molar-refractivity contribution is 7.80. The minimum atomic E-state index is -0.616. The van der Waals surface area contributed by atoms with Crippen molar-refractivity contribution in [2.24, 2.45) is 0 Å². The SMILES string of the molecule is CCOC(=O)c1ccc(N2CCN(C(=S)NC(=O)/C=C/c3ccc(-c4cccc(Cl)c4Cl)o3)CC2)c([N+](=O)[O-])c1. The molecule has 2 aromatic carbocycles. The fourth-order valence-electron chi connectivity index (χ4n) is 4.09. The van der Waals surface area contributed by atoms with Crippen molar-refractivity contribution in [1.82, 2.24) is 10.2 Å². The first-order valence-corrected chi connectivity index (χ1v) is 13.4. The lowest BCUT2D eigenvalue weighted by Crippen LogP contribution is -2.52. The molecule has 208 valence electrons. The van der Waals surface area contributed by atoms with Crippen LogP contribution in [0.25, 0.3) is 17.4 Å². The fourth-order valence-corrected chi connectivity index (χ4v) is 4.77. The van der Waals surface area contributed by atoms with Crippen molar-refractivity contribution in [3.8, 4) is 11.3 Å². The smallest absolute Gasteiger partial charge is 0.338 e. The summed E-state index contributed by atoms with van der Waals surface area (Å²) in [6.45, 7) is 3.55. The number of nitro benzene ring substituents is 1. The number of nitrogens with one attached hydrogen (secondary N) is 1. The standard InChI is InChI=1S/C27H24Cl2N4O6S/c1-2-38-26(35)17-6-9-21(22(16-17)33(36)37)31-12-14-32(15-13-31)27(40)30-24(34)11-8-18-7-10-23(39-18)19-4-3-5-20(28)25(19)29/h3-11,16H,2,12-15H2,1H3,(H,30,34,40)/b11-8+. The molecule has 0 saturated carbocycles. The van der Waals surface area contributed by atoms with Crippen LogP contribution in [0, 0.1) is 10.1 Å². The van der Waals surface area contributed by atoms with Crippen molar-refractivity contribution in [3.05, 3.63) is 86.1 Å². The molecule has 0 atom stereocenters. The molecule has 1 N–H and O–H groups in total. The van der Waals surface area contributed by atoms with Gasteiger partial charge in [-0.25, -0.2) is 4.79 Å². The van der Waals surface area contributed by atoms with Crippen LogP contribution in [-0.2, 0) is 9.53 Å². The van der Waals surface area contributed by atoms with E-state index in [-0.39, 0.29) is 23.0 Å². The van der Waals surface area contributed by atoms with Crippen molar-refractivity contribution in [2.45, 2.75) is 6.92 Å². The summed E-state index contributed by atoms with van der Waals surface area (Å²) in [5.41, 5.74) is 0.969.